The molecule has 1 N–H and O–H groups in total. The maximum Gasteiger partial charge on any atom is 0.317 e. The van der Waals surface area contributed by atoms with Gasteiger partial charge < -0.3 is 15.0 Å². The van der Waals surface area contributed by atoms with Crippen molar-refractivity contribution in [1.82, 2.24) is 20.0 Å². The molecule has 1 saturated carbocycles. The molecule has 31 heavy (non-hydrogen) atoms. The Balaban J connectivity index is 1.73. The van der Waals surface area contributed by atoms with Gasteiger partial charge in [-0.05, 0) is 69.4 Å². The fraction of sp³-hybridized carbons (Fsp3) is 0.360. The zero-order chi connectivity index (χ0) is 21.8. The first kappa shape index (κ1) is 21.0. The van der Waals surface area contributed by atoms with E-state index in [9.17, 15) is 4.79 Å². The molecule has 1 aliphatic carbocycles. The van der Waals surface area contributed by atoms with E-state index in [0.29, 0.717) is 24.9 Å². The van der Waals surface area contributed by atoms with Crippen LogP contribution in [0.4, 0.5) is 4.79 Å². The molecular formula is C25H30N4O2. The van der Waals surface area contributed by atoms with Crippen molar-refractivity contribution >= 4 is 6.03 Å². The van der Waals surface area contributed by atoms with Crippen molar-refractivity contribution in [3.05, 3.63) is 71.4 Å². The van der Waals surface area contributed by atoms with Crippen LogP contribution in [0.3, 0.4) is 0 Å². The largest absolute Gasteiger partial charge is 0.439 e. The fourth-order valence-electron chi connectivity index (χ4n) is 3.65. The summed E-state index contributed by atoms with van der Waals surface area (Å²) in [6.07, 6.45) is 2.37. The van der Waals surface area contributed by atoms with Crippen LogP contribution in [-0.4, -0.2) is 33.8 Å². The Morgan fingerprint density at radius 2 is 1.94 bits per heavy atom. The summed E-state index contributed by atoms with van der Waals surface area (Å²) in [6, 6.07) is 17.9. The van der Waals surface area contributed by atoms with Crippen LogP contribution in [0.15, 0.2) is 54.6 Å². The predicted molar refractivity (Wildman–Crippen MR) is 122 cm³/mol. The number of urea groups is 1. The molecule has 0 saturated heterocycles. The molecule has 1 fully saturated rings. The van der Waals surface area contributed by atoms with E-state index < -0.39 is 0 Å². The molecule has 2 amide bonds. The summed E-state index contributed by atoms with van der Waals surface area (Å²) in [7, 11) is 0. The van der Waals surface area contributed by atoms with E-state index in [-0.39, 0.29) is 6.03 Å². The third kappa shape index (κ3) is 5.08. The molecule has 0 aliphatic heterocycles. The zero-order valence-corrected chi connectivity index (χ0v) is 18.5. The van der Waals surface area contributed by atoms with Crippen LogP contribution >= 0.6 is 0 Å². The van der Waals surface area contributed by atoms with Crippen molar-refractivity contribution in [3.63, 3.8) is 0 Å². The topological polar surface area (TPSA) is 59.4 Å². The first-order chi connectivity index (χ1) is 15.0. The fourth-order valence-corrected chi connectivity index (χ4v) is 3.65. The van der Waals surface area contributed by atoms with Gasteiger partial charge in [-0.2, -0.15) is 5.10 Å². The lowest BCUT2D eigenvalue weighted by Crippen LogP contribution is -2.40. The molecule has 0 spiro atoms. The molecule has 162 valence electrons. The van der Waals surface area contributed by atoms with E-state index >= 15 is 0 Å². The highest BCUT2D eigenvalue weighted by molar-refractivity contribution is 5.74. The van der Waals surface area contributed by atoms with Gasteiger partial charge in [-0.1, -0.05) is 30.3 Å². The third-order valence-electron chi connectivity index (χ3n) is 5.48. The number of benzene rings is 2. The van der Waals surface area contributed by atoms with Gasteiger partial charge in [0.05, 0.1) is 23.5 Å². The number of hydrogen-bond donors (Lipinski definition) is 1. The number of nitrogens with zero attached hydrogens (tertiary/aromatic N) is 3. The lowest BCUT2D eigenvalue weighted by molar-refractivity contribution is 0.192. The highest BCUT2D eigenvalue weighted by atomic mass is 16.5. The second kappa shape index (κ2) is 9.25. The van der Waals surface area contributed by atoms with Gasteiger partial charge in [-0.15, -0.1) is 0 Å². The van der Waals surface area contributed by atoms with Gasteiger partial charge in [-0.25, -0.2) is 9.48 Å². The maximum atomic E-state index is 12.8. The van der Waals surface area contributed by atoms with Gasteiger partial charge in [0.1, 0.15) is 5.75 Å². The van der Waals surface area contributed by atoms with E-state index in [1.54, 1.807) is 0 Å². The highest BCUT2D eigenvalue weighted by Gasteiger charge is 2.29. The molecule has 3 aromatic rings. The number of amides is 2. The third-order valence-corrected chi connectivity index (χ3v) is 5.48. The standard InChI is InChI=1S/C25H30N4O2/c1-4-26-25(30)28(16-20-13-14-20)17-23-19(3)27-29(21-10-6-5-7-11-21)24(23)31-22-12-8-9-18(2)15-22/h5-12,15,20H,4,13-14,16-17H2,1-3H3,(H,26,30). The van der Waals surface area contributed by atoms with E-state index in [0.717, 1.165) is 34.8 Å². The van der Waals surface area contributed by atoms with Crippen molar-refractivity contribution in [2.45, 2.75) is 40.2 Å². The average Bonchev–Trinajstić information content (AvgIpc) is 3.53. The average molecular weight is 419 g/mol. The van der Waals surface area contributed by atoms with Crippen molar-refractivity contribution in [2.24, 2.45) is 5.92 Å². The summed E-state index contributed by atoms with van der Waals surface area (Å²) >= 11 is 0. The molecule has 4 rings (SSSR count). The second-order valence-corrected chi connectivity index (χ2v) is 8.19. The molecule has 0 atom stereocenters. The van der Waals surface area contributed by atoms with Crippen LogP contribution in [0.5, 0.6) is 11.6 Å². The Hall–Kier alpha value is -3.28. The van der Waals surface area contributed by atoms with Crippen LogP contribution in [-0.2, 0) is 6.54 Å². The van der Waals surface area contributed by atoms with Crippen LogP contribution in [0.1, 0.15) is 36.6 Å². The number of aromatic nitrogens is 2. The SMILES string of the molecule is CCNC(=O)N(Cc1c(C)nn(-c2ccccc2)c1Oc1cccc(C)c1)CC1CC1. The van der Waals surface area contributed by atoms with Crippen LogP contribution < -0.4 is 10.1 Å². The van der Waals surface area contributed by atoms with Gasteiger partial charge in [0.2, 0.25) is 5.88 Å². The normalized spacial score (nSPS) is 13.1. The van der Waals surface area contributed by atoms with Gasteiger partial charge in [0, 0.05) is 13.1 Å². The van der Waals surface area contributed by atoms with E-state index in [2.05, 4.69) is 5.32 Å². The number of rotatable bonds is 8. The summed E-state index contributed by atoms with van der Waals surface area (Å²) in [6.45, 7) is 7.78. The highest BCUT2D eigenvalue weighted by Crippen LogP contribution is 2.34. The monoisotopic (exact) mass is 418 g/mol. The summed E-state index contributed by atoms with van der Waals surface area (Å²) < 4.78 is 8.23. The van der Waals surface area contributed by atoms with E-state index in [1.807, 2.05) is 85.0 Å². The number of carbonyl (C=O) groups excluding carboxylic acids is 1. The summed E-state index contributed by atoms with van der Waals surface area (Å²) in [5, 5.41) is 7.74. The number of carbonyl (C=O) groups is 1. The maximum absolute atomic E-state index is 12.8. The Morgan fingerprint density at radius 3 is 2.61 bits per heavy atom. The Kier molecular flexibility index (Phi) is 6.26. The lowest BCUT2D eigenvalue weighted by atomic mass is 10.2. The minimum absolute atomic E-state index is 0.0391. The van der Waals surface area contributed by atoms with Crippen LogP contribution in [0.2, 0.25) is 0 Å². The van der Waals surface area contributed by atoms with Gasteiger partial charge in [-0.3, -0.25) is 0 Å². The summed E-state index contributed by atoms with van der Waals surface area (Å²) in [5.74, 6) is 2.00. The van der Waals surface area contributed by atoms with Crippen molar-refractivity contribution in [1.29, 1.82) is 0 Å². The minimum atomic E-state index is -0.0391. The first-order valence-corrected chi connectivity index (χ1v) is 11.0. The Bertz CT molecular complexity index is 1040. The molecular weight excluding hydrogens is 388 g/mol. The van der Waals surface area contributed by atoms with Crippen molar-refractivity contribution in [2.75, 3.05) is 13.1 Å². The number of para-hydroxylation sites is 1. The second-order valence-electron chi connectivity index (χ2n) is 8.19. The first-order valence-electron chi connectivity index (χ1n) is 11.0. The molecule has 0 unspecified atom stereocenters. The van der Waals surface area contributed by atoms with E-state index in [1.165, 1.54) is 12.8 Å². The summed E-state index contributed by atoms with van der Waals surface area (Å²) in [4.78, 5) is 14.7. The number of aryl methyl sites for hydroxylation is 2. The summed E-state index contributed by atoms with van der Waals surface area (Å²) in [5.41, 5.74) is 3.83. The van der Waals surface area contributed by atoms with Crippen molar-refractivity contribution in [3.8, 4) is 17.3 Å². The molecule has 1 aromatic heterocycles. The molecule has 2 aromatic carbocycles. The van der Waals surface area contributed by atoms with Crippen LogP contribution in [0, 0.1) is 19.8 Å². The smallest absolute Gasteiger partial charge is 0.317 e. The number of hydrogen-bond acceptors (Lipinski definition) is 3. The number of nitrogens with one attached hydrogen (secondary N) is 1. The molecule has 6 nitrogen and oxygen atoms in total. The van der Waals surface area contributed by atoms with Crippen LogP contribution in [0.25, 0.3) is 5.69 Å². The van der Waals surface area contributed by atoms with Gasteiger partial charge >= 0.3 is 6.03 Å². The molecule has 1 heterocycles. The quantitative estimate of drug-likeness (QED) is 0.545. The Labute approximate surface area is 183 Å². The lowest BCUT2D eigenvalue weighted by Gasteiger charge is -2.23. The molecule has 0 radical (unpaired) electrons. The molecule has 0 bridgehead atoms. The number of ether oxygens (including phenoxy) is 1. The predicted octanol–water partition coefficient (Wildman–Crippen LogP) is 5.22. The van der Waals surface area contributed by atoms with E-state index in [4.69, 9.17) is 9.84 Å². The molecule has 6 heteroatoms. The van der Waals surface area contributed by atoms with Gasteiger partial charge in [0.25, 0.3) is 0 Å². The minimum Gasteiger partial charge on any atom is -0.439 e. The van der Waals surface area contributed by atoms with Crippen molar-refractivity contribution < 1.29 is 9.53 Å². The molecule has 1 aliphatic rings. The zero-order valence-electron chi connectivity index (χ0n) is 18.5. The Morgan fingerprint density at radius 1 is 1.16 bits per heavy atom. The van der Waals surface area contributed by atoms with Gasteiger partial charge in [0.15, 0.2) is 0 Å².